The number of likely N-dealkylation sites (tertiary alicyclic amines) is 1. The van der Waals surface area contributed by atoms with Gasteiger partial charge in [0.2, 0.25) is 0 Å². The van der Waals surface area contributed by atoms with Gasteiger partial charge < -0.3 is 14.7 Å². The molecular weight excluding hydrogens is 338 g/mol. The van der Waals surface area contributed by atoms with Gasteiger partial charge in [-0.25, -0.2) is 9.48 Å². The number of amides is 1. The summed E-state index contributed by atoms with van der Waals surface area (Å²) in [6, 6.07) is 0.838. The lowest BCUT2D eigenvalue weighted by Crippen LogP contribution is -2.36. The molecule has 1 amide bonds. The Morgan fingerprint density at radius 3 is 2.50 bits per heavy atom. The third-order valence-electron chi connectivity index (χ3n) is 4.09. The van der Waals surface area contributed by atoms with Gasteiger partial charge in [0.05, 0.1) is 25.0 Å². The average Bonchev–Trinajstić information content (AvgIpc) is 3.12. The van der Waals surface area contributed by atoms with Crippen LogP contribution in [-0.4, -0.2) is 60.5 Å². The maximum Gasteiger partial charge on any atom is 0.410 e. The van der Waals surface area contributed by atoms with Gasteiger partial charge >= 0.3 is 6.09 Å². The molecule has 140 valence electrons. The Kier molecular flexibility index (Phi) is 4.57. The minimum atomic E-state index is -0.892. The van der Waals surface area contributed by atoms with E-state index in [2.05, 4.69) is 10.2 Å². The molecule has 0 bridgehead atoms. The molecule has 1 fully saturated rings. The van der Waals surface area contributed by atoms with Crippen molar-refractivity contribution in [1.82, 2.24) is 24.5 Å². The summed E-state index contributed by atoms with van der Waals surface area (Å²) in [5.41, 5.74) is 0.462. The van der Waals surface area contributed by atoms with Crippen molar-refractivity contribution in [3.05, 3.63) is 35.0 Å². The van der Waals surface area contributed by atoms with Gasteiger partial charge in [0.1, 0.15) is 11.6 Å². The molecule has 1 N–H and O–H groups in total. The summed E-state index contributed by atoms with van der Waals surface area (Å²) >= 11 is 0. The molecule has 0 saturated carbocycles. The first kappa shape index (κ1) is 18.1. The fourth-order valence-electron chi connectivity index (χ4n) is 2.88. The number of ether oxygens (including phenoxy) is 1. The highest BCUT2D eigenvalue weighted by atomic mass is 16.6. The lowest BCUT2D eigenvalue weighted by Gasteiger charge is -2.24. The van der Waals surface area contributed by atoms with Gasteiger partial charge in [0.15, 0.2) is 0 Å². The molecule has 9 heteroatoms. The first-order chi connectivity index (χ1) is 12.1. The molecule has 3 rings (SSSR count). The molecular formula is C17H23N5O4. The summed E-state index contributed by atoms with van der Waals surface area (Å²) in [7, 11) is 1.79. The molecule has 2 atom stereocenters. The van der Waals surface area contributed by atoms with Crippen LogP contribution in [0.1, 0.15) is 26.8 Å². The standard InChI is InChI=1S/C17H23N5O4/c1-17(2,3)26-16(25)21-9-13(14(23)10-21)22-15(24)5-11(6-19-22)12-7-18-20(4)8-12/h5-8,13-14,23H,9-10H2,1-4H3. The van der Waals surface area contributed by atoms with E-state index in [9.17, 15) is 14.7 Å². The predicted octanol–water partition coefficient (Wildman–Crippen LogP) is 0.796. The SMILES string of the molecule is Cn1cc(-c2cnn(C3CN(C(=O)OC(C)(C)C)CC3O)c(=O)c2)cn1. The van der Waals surface area contributed by atoms with Crippen molar-refractivity contribution in [2.24, 2.45) is 7.05 Å². The average molecular weight is 361 g/mol. The molecule has 9 nitrogen and oxygen atoms in total. The van der Waals surface area contributed by atoms with Crippen molar-refractivity contribution in [3.63, 3.8) is 0 Å². The van der Waals surface area contributed by atoms with Gasteiger partial charge in [-0.1, -0.05) is 0 Å². The summed E-state index contributed by atoms with van der Waals surface area (Å²) in [6.45, 7) is 5.58. The van der Waals surface area contributed by atoms with E-state index in [1.165, 1.54) is 15.6 Å². The van der Waals surface area contributed by atoms with E-state index in [0.29, 0.717) is 5.56 Å². The summed E-state index contributed by atoms with van der Waals surface area (Å²) in [5.74, 6) is 0. The quantitative estimate of drug-likeness (QED) is 0.849. The van der Waals surface area contributed by atoms with Gasteiger partial charge in [-0.05, 0) is 20.8 Å². The molecule has 1 aliphatic rings. The second kappa shape index (κ2) is 6.56. The molecule has 2 aromatic heterocycles. The number of aromatic nitrogens is 4. The number of nitrogens with zero attached hydrogens (tertiary/aromatic N) is 5. The van der Waals surface area contributed by atoms with Crippen LogP contribution in [0.3, 0.4) is 0 Å². The monoisotopic (exact) mass is 361 g/mol. The number of aliphatic hydroxyl groups is 1. The Bertz CT molecular complexity index is 867. The van der Waals surface area contributed by atoms with Crippen LogP contribution in [0.5, 0.6) is 0 Å². The predicted molar refractivity (Wildman–Crippen MR) is 93.5 cm³/mol. The van der Waals surface area contributed by atoms with Crippen molar-refractivity contribution in [2.75, 3.05) is 13.1 Å². The van der Waals surface area contributed by atoms with E-state index in [0.717, 1.165) is 5.56 Å². The first-order valence-corrected chi connectivity index (χ1v) is 8.38. The summed E-state index contributed by atoms with van der Waals surface area (Å²) in [6.07, 6.45) is 3.59. The Labute approximate surface area is 150 Å². The van der Waals surface area contributed by atoms with Crippen molar-refractivity contribution in [1.29, 1.82) is 0 Å². The third-order valence-corrected chi connectivity index (χ3v) is 4.09. The van der Waals surface area contributed by atoms with Crippen LogP contribution in [0.2, 0.25) is 0 Å². The highest BCUT2D eigenvalue weighted by Gasteiger charge is 2.38. The van der Waals surface area contributed by atoms with Gasteiger partial charge in [-0.15, -0.1) is 0 Å². The second-order valence-corrected chi connectivity index (χ2v) is 7.45. The van der Waals surface area contributed by atoms with E-state index >= 15 is 0 Å². The summed E-state index contributed by atoms with van der Waals surface area (Å²) in [5, 5.41) is 18.6. The normalized spacial score (nSPS) is 20.4. The number of aryl methyl sites for hydroxylation is 1. The molecule has 2 unspecified atom stereocenters. The molecule has 2 aromatic rings. The third kappa shape index (κ3) is 3.77. The maximum absolute atomic E-state index is 12.5. The van der Waals surface area contributed by atoms with E-state index in [-0.39, 0.29) is 18.6 Å². The van der Waals surface area contributed by atoms with Crippen molar-refractivity contribution in [2.45, 2.75) is 38.5 Å². The van der Waals surface area contributed by atoms with Crippen LogP contribution in [0.25, 0.3) is 11.1 Å². The molecule has 0 aromatic carbocycles. The van der Waals surface area contributed by atoms with Crippen LogP contribution < -0.4 is 5.56 Å². The number of carbonyl (C=O) groups excluding carboxylic acids is 1. The van der Waals surface area contributed by atoms with Gasteiger partial charge in [-0.3, -0.25) is 9.48 Å². The highest BCUT2D eigenvalue weighted by molar-refractivity contribution is 5.68. The second-order valence-electron chi connectivity index (χ2n) is 7.45. The van der Waals surface area contributed by atoms with Gasteiger partial charge in [0, 0.05) is 37.0 Å². The zero-order valence-corrected chi connectivity index (χ0v) is 15.3. The maximum atomic E-state index is 12.5. The lowest BCUT2D eigenvalue weighted by molar-refractivity contribution is 0.0269. The van der Waals surface area contributed by atoms with Gasteiger partial charge in [-0.2, -0.15) is 10.2 Å². The first-order valence-electron chi connectivity index (χ1n) is 8.38. The molecule has 0 radical (unpaired) electrons. The Hall–Kier alpha value is -2.68. The van der Waals surface area contributed by atoms with E-state index < -0.39 is 23.8 Å². The van der Waals surface area contributed by atoms with Crippen LogP contribution in [-0.2, 0) is 11.8 Å². The number of β-amino-alcohol motifs (C(OH)–C–C–N with tert-alkyl or cyclic N) is 1. The smallest absolute Gasteiger partial charge is 0.410 e. The van der Waals surface area contributed by atoms with Crippen molar-refractivity contribution >= 4 is 6.09 Å². The Balaban J connectivity index is 1.79. The minimum Gasteiger partial charge on any atom is -0.444 e. The molecule has 1 aliphatic heterocycles. The van der Waals surface area contributed by atoms with Crippen LogP contribution in [0.4, 0.5) is 4.79 Å². The summed E-state index contributed by atoms with van der Waals surface area (Å²) in [4.78, 5) is 26.1. The van der Waals surface area contributed by atoms with Crippen LogP contribution >= 0.6 is 0 Å². The molecule has 1 saturated heterocycles. The summed E-state index contributed by atoms with van der Waals surface area (Å²) < 4.78 is 8.18. The van der Waals surface area contributed by atoms with Crippen molar-refractivity contribution < 1.29 is 14.6 Å². The zero-order chi connectivity index (χ0) is 19.1. The molecule has 26 heavy (non-hydrogen) atoms. The van der Waals surface area contributed by atoms with E-state index in [4.69, 9.17) is 4.74 Å². The van der Waals surface area contributed by atoms with Crippen molar-refractivity contribution in [3.8, 4) is 11.1 Å². The Morgan fingerprint density at radius 1 is 1.23 bits per heavy atom. The largest absolute Gasteiger partial charge is 0.444 e. The number of carbonyl (C=O) groups is 1. The molecule has 0 aliphatic carbocycles. The number of hydrogen-bond donors (Lipinski definition) is 1. The van der Waals surface area contributed by atoms with Gasteiger partial charge in [0.25, 0.3) is 5.56 Å². The fourth-order valence-corrected chi connectivity index (χ4v) is 2.88. The fraction of sp³-hybridized carbons (Fsp3) is 0.529. The minimum absolute atomic E-state index is 0.0953. The number of hydrogen-bond acceptors (Lipinski definition) is 6. The molecule has 0 spiro atoms. The highest BCUT2D eigenvalue weighted by Crippen LogP contribution is 2.23. The lowest BCUT2D eigenvalue weighted by atomic mass is 10.2. The van der Waals surface area contributed by atoms with E-state index in [1.807, 2.05) is 0 Å². The van der Waals surface area contributed by atoms with Crippen LogP contribution in [0, 0.1) is 0 Å². The zero-order valence-electron chi connectivity index (χ0n) is 15.3. The molecule has 3 heterocycles. The van der Waals surface area contributed by atoms with E-state index in [1.54, 1.807) is 51.1 Å². The van der Waals surface area contributed by atoms with Crippen LogP contribution in [0.15, 0.2) is 29.5 Å². The number of aliphatic hydroxyl groups excluding tert-OH is 1. The Morgan fingerprint density at radius 2 is 1.92 bits per heavy atom. The topological polar surface area (TPSA) is 102 Å². The number of rotatable bonds is 2.